The lowest BCUT2D eigenvalue weighted by Gasteiger charge is -2.42. The number of pyridine rings is 1. The summed E-state index contributed by atoms with van der Waals surface area (Å²) in [5.41, 5.74) is 0.959. The van der Waals surface area contributed by atoms with E-state index in [2.05, 4.69) is 15.6 Å². The van der Waals surface area contributed by atoms with Gasteiger partial charge < -0.3 is 40.1 Å². The number of carbonyl (C=O) groups excluding carboxylic acids is 4. The molecule has 14 nitrogen and oxygen atoms in total. The Morgan fingerprint density at radius 1 is 1.10 bits per heavy atom. The highest BCUT2D eigenvalue weighted by molar-refractivity contribution is 5.90. The highest BCUT2D eigenvalue weighted by Gasteiger charge is 2.46. The number of hydrogen-bond donors (Lipinski definition) is 4. The molecule has 4 amide bonds. The Morgan fingerprint density at radius 2 is 1.85 bits per heavy atom. The molecule has 0 unspecified atom stereocenters. The number of piperazine rings is 1. The third kappa shape index (κ3) is 5.95. The number of carbonyl (C=O) groups is 4. The van der Waals surface area contributed by atoms with E-state index in [0.717, 1.165) is 5.56 Å². The summed E-state index contributed by atoms with van der Waals surface area (Å²) < 4.78 is 10.8. The van der Waals surface area contributed by atoms with Crippen LogP contribution in [0.2, 0.25) is 0 Å². The number of ether oxygens (including phenoxy) is 2. The second-order valence-corrected chi connectivity index (χ2v) is 10.8. The van der Waals surface area contributed by atoms with Crippen LogP contribution in [-0.4, -0.2) is 143 Å². The number of hydrogen-bond acceptors (Lipinski definition) is 10. The lowest BCUT2D eigenvalue weighted by atomic mass is 10.0. The summed E-state index contributed by atoms with van der Waals surface area (Å²) in [5.74, 6) is -1.43. The quantitative estimate of drug-likeness (QED) is 0.294. The number of methoxy groups -OCH3 is 1. The van der Waals surface area contributed by atoms with E-state index in [1.165, 1.54) is 12.0 Å². The molecule has 218 valence electrons. The highest BCUT2D eigenvalue weighted by Crippen LogP contribution is 2.27. The minimum atomic E-state index is -1.31. The molecular formula is C26H36N6O8. The van der Waals surface area contributed by atoms with E-state index in [9.17, 15) is 29.4 Å². The maximum atomic E-state index is 13.9. The molecule has 0 radical (unpaired) electrons. The minimum Gasteiger partial charge on any atom is -0.388 e. The van der Waals surface area contributed by atoms with Gasteiger partial charge in [-0.1, -0.05) is 0 Å². The first-order chi connectivity index (χ1) is 19.2. The average Bonchev–Trinajstić information content (AvgIpc) is 3.46. The van der Waals surface area contributed by atoms with Gasteiger partial charge in [0.05, 0.1) is 25.1 Å². The normalized spacial score (nSPS) is 33.6. The van der Waals surface area contributed by atoms with Gasteiger partial charge >= 0.3 is 0 Å². The van der Waals surface area contributed by atoms with Crippen LogP contribution in [0, 0.1) is 0 Å². The number of likely N-dealkylation sites (tertiary alicyclic amines) is 1. The van der Waals surface area contributed by atoms with E-state index in [0.29, 0.717) is 19.5 Å². The molecule has 7 atom stereocenters. The van der Waals surface area contributed by atoms with Gasteiger partial charge in [0, 0.05) is 58.3 Å². The number of aromatic nitrogens is 1. The molecule has 14 heteroatoms. The predicted octanol–water partition coefficient (Wildman–Crippen LogP) is -3.16. The largest absolute Gasteiger partial charge is 0.388 e. The molecule has 6 bridgehead atoms. The van der Waals surface area contributed by atoms with Crippen molar-refractivity contribution in [3.63, 3.8) is 0 Å². The molecule has 4 aliphatic rings. The van der Waals surface area contributed by atoms with E-state index >= 15 is 0 Å². The first kappa shape index (κ1) is 28.4. The van der Waals surface area contributed by atoms with Crippen LogP contribution < -0.4 is 10.6 Å². The van der Waals surface area contributed by atoms with Crippen LogP contribution in [0.1, 0.15) is 18.4 Å². The molecule has 0 aromatic carbocycles. The summed E-state index contributed by atoms with van der Waals surface area (Å²) >= 11 is 0. The Labute approximate surface area is 231 Å². The lowest BCUT2D eigenvalue weighted by Crippen LogP contribution is -2.64. The SMILES string of the molecule is COCC(=O)N1CCN2C[C@H]1C(=O)NC[C@H]1O[C@@H](CC(=O)N[C@H]3C[C@@H](C2=O)N(Cc2ccncc2)C3)[C@H](O)[C@@H]1O. The highest BCUT2D eigenvalue weighted by atomic mass is 16.5. The van der Waals surface area contributed by atoms with Crippen LogP contribution in [0.3, 0.4) is 0 Å². The van der Waals surface area contributed by atoms with Crippen molar-refractivity contribution in [1.29, 1.82) is 0 Å². The number of nitrogens with zero attached hydrogens (tertiary/aromatic N) is 4. The van der Waals surface area contributed by atoms with Gasteiger partial charge in [0.15, 0.2) is 0 Å². The van der Waals surface area contributed by atoms with E-state index in [1.54, 1.807) is 17.3 Å². The van der Waals surface area contributed by atoms with Crippen LogP contribution in [0.25, 0.3) is 0 Å². The van der Waals surface area contributed by atoms with Crippen LogP contribution in [0.4, 0.5) is 0 Å². The number of rotatable bonds is 4. The van der Waals surface area contributed by atoms with Crippen LogP contribution >= 0.6 is 0 Å². The summed E-state index contributed by atoms with van der Waals surface area (Å²) in [6.07, 6.45) is -0.994. The van der Waals surface area contributed by atoms with E-state index in [4.69, 9.17) is 9.47 Å². The zero-order valence-electron chi connectivity index (χ0n) is 22.3. The summed E-state index contributed by atoms with van der Waals surface area (Å²) in [6.45, 7) is 0.895. The Kier molecular flexibility index (Phi) is 8.61. The van der Waals surface area contributed by atoms with Crippen molar-refractivity contribution in [3.8, 4) is 0 Å². The minimum absolute atomic E-state index is 0.0178. The maximum absolute atomic E-state index is 13.9. The Hall–Kier alpha value is -3.17. The standard InChI is InChI=1S/C26H36N6O8/c1-39-14-22(34)32-7-6-30-13-18(32)25(37)28-10-20-24(36)23(35)19(40-20)9-21(33)29-16-8-17(26(30)38)31(12-16)11-15-2-4-27-5-3-15/h2-5,16-20,23-24,35-36H,6-14H2,1H3,(H,28,37)(H,29,33)/t16-,17-,18-,19-,20+,23-,24+/m0/s1. The van der Waals surface area contributed by atoms with Crippen molar-refractivity contribution in [2.75, 3.05) is 46.4 Å². The van der Waals surface area contributed by atoms with E-state index in [-0.39, 0.29) is 63.0 Å². The van der Waals surface area contributed by atoms with Gasteiger partial charge in [-0.05, 0) is 24.1 Å². The first-order valence-electron chi connectivity index (χ1n) is 13.5. The number of nitrogens with one attached hydrogen (secondary N) is 2. The van der Waals surface area contributed by atoms with Crippen LogP contribution in [-0.2, 0) is 35.2 Å². The molecule has 0 spiro atoms. The predicted molar refractivity (Wildman–Crippen MR) is 137 cm³/mol. The van der Waals surface area contributed by atoms with Gasteiger partial charge in [0.25, 0.3) is 0 Å². The zero-order chi connectivity index (χ0) is 28.4. The Balaban J connectivity index is 1.43. The second-order valence-electron chi connectivity index (χ2n) is 10.8. The van der Waals surface area contributed by atoms with Crippen molar-refractivity contribution in [3.05, 3.63) is 30.1 Å². The van der Waals surface area contributed by atoms with Gasteiger partial charge in [-0.15, -0.1) is 0 Å². The van der Waals surface area contributed by atoms with Crippen molar-refractivity contribution in [2.24, 2.45) is 0 Å². The molecule has 4 saturated heterocycles. The Morgan fingerprint density at radius 3 is 2.60 bits per heavy atom. The molecule has 5 rings (SSSR count). The fourth-order valence-corrected chi connectivity index (χ4v) is 6.04. The van der Waals surface area contributed by atoms with Crippen LogP contribution in [0.15, 0.2) is 24.5 Å². The number of aliphatic hydroxyl groups is 2. The van der Waals surface area contributed by atoms with Crippen molar-refractivity contribution >= 4 is 23.6 Å². The van der Waals surface area contributed by atoms with Crippen LogP contribution in [0.5, 0.6) is 0 Å². The molecular weight excluding hydrogens is 524 g/mol. The van der Waals surface area contributed by atoms with E-state index in [1.807, 2.05) is 17.0 Å². The number of amides is 4. The summed E-state index contributed by atoms with van der Waals surface area (Å²) in [4.78, 5) is 62.0. The second kappa shape index (κ2) is 12.1. The third-order valence-electron chi connectivity index (χ3n) is 8.10. The molecule has 1 aromatic heterocycles. The van der Waals surface area contributed by atoms with Gasteiger partial charge in [0.1, 0.15) is 31.0 Å². The lowest BCUT2D eigenvalue weighted by molar-refractivity contribution is -0.152. The van der Waals surface area contributed by atoms with Gasteiger partial charge in [-0.3, -0.25) is 29.1 Å². The molecule has 0 saturated carbocycles. The number of aliphatic hydroxyl groups excluding tert-OH is 2. The fourth-order valence-electron chi connectivity index (χ4n) is 6.04. The first-order valence-corrected chi connectivity index (χ1v) is 13.5. The monoisotopic (exact) mass is 560 g/mol. The maximum Gasteiger partial charge on any atom is 0.249 e. The van der Waals surface area contributed by atoms with Crippen molar-refractivity contribution in [2.45, 2.75) is 61.9 Å². The Bertz CT molecular complexity index is 1110. The molecule has 4 fully saturated rings. The molecule has 4 N–H and O–H groups in total. The number of fused-ring (bicyclic) bond motifs is 6. The molecule has 0 aliphatic carbocycles. The zero-order valence-corrected chi connectivity index (χ0v) is 22.3. The smallest absolute Gasteiger partial charge is 0.249 e. The fraction of sp³-hybridized carbons (Fsp3) is 0.654. The summed E-state index contributed by atoms with van der Waals surface area (Å²) in [5, 5.41) is 26.7. The third-order valence-corrected chi connectivity index (χ3v) is 8.10. The van der Waals surface area contributed by atoms with Crippen molar-refractivity contribution < 1.29 is 38.9 Å². The molecule has 5 heterocycles. The van der Waals surface area contributed by atoms with Gasteiger partial charge in [-0.2, -0.15) is 0 Å². The van der Waals surface area contributed by atoms with Gasteiger partial charge in [-0.25, -0.2) is 0 Å². The summed E-state index contributed by atoms with van der Waals surface area (Å²) in [6, 6.07) is 1.86. The van der Waals surface area contributed by atoms with Gasteiger partial charge in [0.2, 0.25) is 23.6 Å². The van der Waals surface area contributed by atoms with Crippen molar-refractivity contribution in [1.82, 2.24) is 30.3 Å². The van der Waals surface area contributed by atoms with E-state index < -0.39 is 42.4 Å². The molecule has 40 heavy (non-hydrogen) atoms. The molecule has 1 aromatic rings. The topological polar surface area (TPSA) is 174 Å². The molecule has 4 aliphatic heterocycles. The summed E-state index contributed by atoms with van der Waals surface area (Å²) in [7, 11) is 1.39. The average molecular weight is 561 g/mol.